The Balaban J connectivity index is 2.37. The molecule has 2 N–H and O–H groups in total. The van der Waals surface area contributed by atoms with Gasteiger partial charge < -0.3 is 15.4 Å². The normalized spacial score (nSPS) is 23.9. The van der Waals surface area contributed by atoms with Gasteiger partial charge in [0.1, 0.15) is 0 Å². The molecule has 102 valence electrons. The smallest absolute Gasteiger partial charge is 0.150 e. The molecule has 0 spiro atoms. The number of nitrogens with two attached hydrogens (primary N) is 1. The Morgan fingerprint density at radius 1 is 1.50 bits per heavy atom. The van der Waals surface area contributed by atoms with Gasteiger partial charge in [0.25, 0.3) is 0 Å². The van der Waals surface area contributed by atoms with Crippen LogP contribution in [-0.2, 0) is 4.74 Å². The topological polar surface area (TPSA) is 56.3 Å². The molecule has 18 heavy (non-hydrogen) atoms. The second-order valence-electron chi connectivity index (χ2n) is 5.40. The van der Waals surface area contributed by atoms with E-state index in [2.05, 4.69) is 37.8 Å². The Hall–Kier alpha value is -1.23. The number of hydrogen-bond acceptors (Lipinski definition) is 4. The van der Waals surface area contributed by atoms with Crippen LogP contribution in [0.5, 0.6) is 0 Å². The fourth-order valence-corrected chi connectivity index (χ4v) is 2.65. The summed E-state index contributed by atoms with van der Waals surface area (Å²) in [7, 11) is 2.08. The van der Waals surface area contributed by atoms with Crippen LogP contribution in [0.25, 0.3) is 0 Å². The summed E-state index contributed by atoms with van der Waals surface area (Å²) in [5.74, 6) is 1.02. The first-order chi connectivity index (χ1) is 8.43. The van der Waals surface area contributed by atoms with E-state index in [1.54, 1.807) is 0 Å². The van der Waals surface area contributed by atoms with Gasteiger partial charge in [0.2, 0.25) is 0 Å². The highest BCUT2D eigenvalue weighted by Crippen LogP contribution is 2.32. The molecule has 2 unspecified atom stereocenters. The van der Waals surface area contributed by atoms with Crippen molar-refractivity contribution in [3.05, 3.63) is 5.69 Å². The van der Waals surface area contributed by atoms with E-state index in [1.165, 1.54) is 0 Å². The molecule has 2 atom stereocenters. The zero-order valence-corrected chi connectivity index (χ0v) is 12.0. The van der Waals surface area contributed by atoms with Crippen LogP contribution in [0.2, 0.25) is 0 Å². The maximum atomic E-state index is 6.19. The lowest BCUT2D eigenvalue weighted by Crippen LogP contribution is -2.38. The number of anilines is 2. The standard InChI is InChI=1S/C13H24N4O/c1-8(2)17-13(12(14)9(3)15-17)16(5)11-6-7-18-10(11)4/h8,10-11H,6-7,14H2,1-5H3. The number of nitrogens with zero attached hydrogens (tertiary/aromatic N) is 3. The monoisotopic (exact) mass is 252 g/mol. The fraction of sp³-hybridized carbons (Fsp3) is 0.769. The Morgan fingerprint density at radius 2 is 2.17 bits per heavy atom. The molecule has 5 heteroatoms. The first-order valence-corrected chi connectivity index (χ1v) is 6.62. The minimum atomic E-state index is 0.241. The number of rotatable bonds is 3. The van der Waals surface area contributed by atoms with Crippen LogP contribution in [-0.4, -0.2) is 35.6 Å². The molecule has 1 fully saturated rings. The minimum absolute atomic E-state index is 0.241. The van der Waals surface area contributed by atoms with E-state index in [0.717, 1.165) is 30.2 Å². The van der Waals surface area contributed by atoms with Gasteiger partial charge in [-0.05, 0) is 34.1 Å². The fourth-order valence-electron chi connectivity index (χ4n) is 2.65. The number of hydrogen-bond donors (Lipinski definition) is 1. The Kier molecular flexibility index (Phi) is 3.52. The summed E-state index contributed by atoms with van der Waals surface area (Å²) in [6.45, 7) is 9.15. The van der Waals surface area contributed by atoms with Crippen molar-refractivity contribution in [2.45, 2.75) is 52.3 Å². The molecule has 1 saturated heterocycles. The summed E-state index contributed by atoms with van der Waals surface area (Å²) in [6.07, 6.45) is 1.28. The van der Waals surface area contributed by atoms with E-state index >= 15 is 0 Å². The average Bonchev–Trinajstić information content (AvgIpc) is 2.84. The predicted molar refractivity (Wildman–Crippen MR) is 74.0 cm³/mol. The zero-order valence-electron chi connectivity index (χ0n) is 12.0. The molecule has 2 heterocycles. The molecular formula is C13H24N4O. The molecule has 0 bridgehead atoms. The molecule has 1 aliphatic rings. The molecule has 0 aliphatic carbocycles. The van der Waals surface area contributed by atoms with Crippen molar-refractivity contribution in [2.75, 3.05) is 24.3 Å². The molecule has 0 amide bonds. The van der Waals surface area contributed by atoms with Crippen molar-refractivity contribution in [3.8, 4) is 0 Å². The highest BCUT2D eigenvalue weighted by atomic mass is 16.5. The number of aryl methyl sites for hydroxylation is 1. The van der Waals surface area contributed by atoms with E-state index in [4.69, 9.17) is 10.5 Å². The SMILES string of the molecule is Cc1nn(C(C)C)c(N(C)C2CCOC2C)c1N. The van der Waals surface area contributed by atoms with E-state index < -0.39 is 0 Å². The lowest BCUT2D eigenvalue weighted by Gasteiger charge is -2.30. The van der Waals surface area contributed by atoms with Crippen molar-refractivity contribution in [1.29, 1.82) is 0 Å². The summed E-state index contributed by atoms with van der Waals surface area (Å²) < 4.78 is 7.65. The molecule has 1 aliphatic heterocycles. The molecule has 2 rings (SSSR count). The highest BCUT2D eigenvalue weighted by molar-refractivity contribution is 5.66. The van der Waals surface area contributed by atoms with Crippen LogP contribution in [0.15, 0.2) is 0 Å². The quantitative estimate of drug-likeness (QED) is 0.893. The number of nitrogen functional groups attached to an aromatic ring is 1. The lowest BCUT2D eigenvalue weighted by atomic mass is 10.1. The summed E-state index contributed by atoms with van der Waals surface area (Å²) in [5.41, 5.74) is 7.87. The van der Waals surface area contributed by atoms with Crippen molar-refractivity contribution in [3.63, 3.8) is 0 Å². The summed E-state index contributed by atoms with van der Waals surface area (Å²) in [6, 6.07) is 0.678. The molecule has 1 aromatic rings. The first kappa shape index (κ1) is 13.2. The van der Waals surface area contributed by atoms with Gasteiger partial charge in [-0.3, -0.25) is 0 Å². The predicted octanol–water partition coefficient (Wildman–Crippen LogP) is 1.97. The molecule has 1 aromatic heterocycles. The number of aromatic nitrogens is 2. The van der Waals surface area contributed by atoms with Crippen LogP contribution in [0.4, 0.5) is 11.5 Å². The molecule has 5 nitrogen and oxygen atoms in total. The average molecular weight is 252 g/mol. The zero-order chi connectivity index (χ0) is 13.4. The summed E-state index contributed by atoms with van der Waals surface area (Å²) in [5, 5.41) is 4.54. The van der Waals surface area contributed by atoms with E-state index in [0.29, 0.717) is 12.1 Å². The van der Waals surface area contributed by atoms with Crippen LogP contribution in [0.3, 0.4) is 0 Å². The van der Waals surface area contributed by atoms with Crippen molar-refractivity contribution < 1.29 is 4.74 Å². The van der Waals surface area contributed by atoms with E-state index in [-0.39, 0.29) is 6.10 Å². The van der Waals surface area contributed by atoms with E-state index in [9.17, 15) is 0 Å². The Labute approximate surface area is 109 Å². The molecule has 0 saturated carbocycles. The third-order valence-electron chi connectivity index (χ3n) is 3.76. The van der Waals surface area contributed by atoms with Crippen LogP contribution in [0, 0.1) is 6.92 Å². The van der Waals surface area contributed by atoms with Gasteiger partial charge in [-0.15, -0.1) is 0 Å². The van der Waals surface area contributed by atoms with Gasteiger partial charge in [-0.1, -0.05) is 0 Å². The summed E-state index contributed by atoms with van der Waals surface area (Å²) in [4.78, 5) is 2.23. The minimum Gasteiger partial charge on any atom is -0.394 e. The number of ether oxygens (including phenoxy) is 1. The highest BCUT2D eigenvalue weighted by Gasteiger charge is 2.31. The maximum absolute atomic E-state index is 6.19. The third kappa shape index (κ3) is 2.07. The molecular weight excluding hydrogens is 228 g/mol. The second-order valence-corrected chi connectivity index (χ2v) is 5.40. The van der Waals surface area contributed by atoms with Gasteiger partial charge in [0.05, 0.1) is 23.5 Å². The van der Waals surface area contributed by atoms with Gasteiger partial charge in [0, 0.05) is 19.7 Å². The van der Waals surface area contributed by atoms with Crippen molar-refractivity contribution in [2.24, 2.45) is 0 Å². The first-order valence-electron chi connectivity index (χ1n) is 6.62. The third-order valence-corrected chi connectivity index (χ3v) is 3.76. The van der Waals surface area contributed by atoms with Crippen LogP contribution < -0.4 is 10.6 Å². The Bertz CT molecular complexity index is 427. The number of likely N-dealkylation sites (N-methyl/N-ethyl adjacent to an activating group) is 1. The van der Waals surface area contributed by atoms with Gasteiger partial charge >= 0.3 is 0 Å². The van der Waals surface area contributed by atoms with Gasteiger partial charge in [-0.25, -0.2) is 4.68 Å². The van der Waals surface area contributed by atoms with Crippen LogP contribution in [0.1, 0.15) is 38.9 Å². The largest absolute Gasteiger partial charge is 0.394 e. The van der Waals surface area contributed by atoms with Gasteiger partial charge in [-0.2, -0.15) is 5.10 Å². The second kappa shape index (κ2) is 4.80. The van der Waals surface area contributed by atoms with Crippen LogP contribution >= 0.6 is 0 Å². The van der Waals surface area contributed by atoms with Gasteiger partial charge in [0.15, 0.2) is 5.82 Å². The molecule has 0 aromatic carbocycles. The molecule has 0 radical (unpaired) electrons. The van der Waals surface area contributed by atoms with Crippen molar-refractivity contribution in [1.82, 2.24) is 9.78 Å². The summed E-state index contributed by atoms with van der Waals surface area (Å²) >= 11 is 0. The van der Waals surface area contributed by atoms with E-state index in [1.807, 2.05) is 11.6 Å². The Morgan fingerprint density at radius 3 is 2.67 bits per heavy atom. The lowest BCUT2D eigenvalue weighted by molar-refractivity contribution is 0.118. The van der Waals surface area contributed by atoms with Crippen molar-refractivity contribution >= 4 is 11.5 Å². The maximum Gasteiger partial charge on any atom is 0.150 e.